The van der Waals surface area contributed by atoms with E-state index in [0.717, 1.165) is 12.8 Å². The standard InChI is InChI=1S/C19H21N3O4/c1-20-19(24)15-4-7-17(18(12-15)22(25)26)21-10-8-14(9-11-21)13-2-5-16(23)6-3-13/h2-7,12,14,23H,8-11H2,1H3,(H,20,24). The Morgan fingerprint density at radius 2 is 1.85 bits per heavy atom. The van der Waals surface area contributed by atoms with Crippen LogP contribution in [0.5, 0.6) is 5.75 Å². The van der Waals surface area contributed by atoms with Crippen LogP contribution in [-0.4, -0.2) is 36.1 Å². The van der Waals surface area contributed by atoms with E-state index in [0.29, 0.717) is 24.7 Å². The highest BCUT2D eigenvalue weighted by Crippen LogP contribution is 2.35. The van der Waals surface area contributed by atoms with Crippen molar-refractivity contribution in [1.82, 2.24) is 5.32 Å². The van der Waals surface area contributed by atoms with Gasteiger partial charge in [0.05, 0.1) is 4.92 Å². The van der Waals surface area contributed by atoms with E-state index < -0.39 is 4.92 Å². The molecule has 0 unspecified atom stereocenters. The third kappa shape index (κ3) is 3.61. The van der Waals surface area contributed by atoms with Gasteiger partial charge in [0.2, 0.25) is 0 Å². The first-order valence-corrected chi connectivity index (χ1v) is 8.54. The number of hydrogen-bond acceptors (Lipinski definition) is 5. The first kappa shape index (κ1) is 17.7. The lowest BCUT2D eigenvalue weighted by atomic mass is 9.89. The Hall–Kier alpha value is -3.09. The number of aromatic hydroxyl groups is 1. The third-order valence-corrected chi connectivity index (χ3v) is 4.86. The molecule has 0 radical (unpaired) electrons. The molecule has 136 valence electrons. The second-order valence-electron chi connectivity index (χ2n) is 6.39. The summed E-state index contributed by atoms with van der Waals surface area (Å²) < 4.78 is 0. The molecule has 0 aromatic heterocycles. The minimum absolute atomic E-state index is 0.0471. The molecule has 3 rings (SSSR count). The summed E-state index contributed by atoms with van der Waals surface area (Å²) in [5.41, 5.74) is 1.95. The minimum atomic E-state index is -0.437. The first-order valence-electron chi connectivity index (χ1n) is 8.54. The molecule has 2 aromatic carbocycles. The maximum Gasteiger partial charge on any atom is 0.293 e. The summed E-state index contributed by atoms with van der Waals surface area (Å²) in [5, 5.41) is 23.4. The normalized spacial score (nSPS) is 14.9. The summed E-state index contributed by atoms with van der Waals surface area (Å²) in [7, 11) is 1.50. The molecule has 1 amide bonds. The monoisotopic (exact) mass is 355 g/mol. The fourth-order valence-corrected chi connectivity index (χ4v) is 3.42. The summed E-state index contributed by atoms with van der Waals surface area (Å²) in [5.74, 6) is 0.278. The average molecular weight is 355 g/mol. The quantitative estimate of drug-likeness (QED) is 0.649. The van der Waals surface area contributed by atoms with E-state index in [-0.39, 0.29) is 22.9 Å². The number of benzene rings is 2. The van der Waals surface area contributed by atoms with E-state index in [9.17, 15) is 20.0 Å². The summed E-state index contributed by atoms with van der Waals surface area (Å²) >= 11 is 0. The molecule has 0 bridgehead atoms. The predicted octanol–water partition coefficient (Wildman–Crippen LogP) is 3.04. The van der Waals surface area contributed by atoms with Gasteiger partial charge in [-0.15, -0.1) is 0 Å². The van der Waals surface area contributed by atoms with Gasteiger partial charge in [0.15, 0.2) is 0 Å². The van der Waals surface area contributed by atoms with Crippen LogP contribution < -0.4 is 10.2 Å². The van der Waals surface area contributed by atoms with Crippen molar-refractivity contribution in [1.29, 1.82) is 0 Å². The van der Waals surface area contributed by atoms with Gasteiger partial charge >= 0.3 is 0 Å². The Kier molecular flexibility index (Phi) is 5.06. The number of phenols is 1. The van der Waals surface area contributed by atoms with Crippen LogP contribution in [0.3, 0.4) is 0 Å². The molecule has 1 aliphatic heterocycles. The molecule has 1 saturated heterocycles. The van der Waals surface area contributed by atoms with Crippen LogP contribution in [0.1, 0.15) is 34.7 Å². The molecule has 7 heteroatoms. The number of nitrogens with one attached hydrogen (secondary N) is 1. The third-order valence-electron chi connectivity index (χ3n) is 4.86. The molecule has 26 heavy (non-hydrogen) atoms. The van der Waals surface area contributed by atoms with Crippen molar-refractivity contribution in [3.8, 4) is 5.75 Å². The number of carbonyl (C=O) groups excluding carboxylic acids is 1. The van der Waals surface area contributed by atoms with Gasteiger partial charge in [-0.05, 0) is 48.6 Å². The smallest absolute Gasteiger partial charge is 0.293 e. The van der Waals surface area contributed by atoms with E-state index in [1.165, 1.54) is 18.7 Å². The van der Waals surface area contributed by atoms with Crippen LogP contribution in [0.4, 0.5) is 11.4 Å². The Morgan fingerprint density at radius 1 is 1.19 bits per heavy atom. The van der Waals surface area contributed by atoms with E-state index in [1.54, 1.807) is 24.3 Å². The lowest BCUT2D eigenvalue weighted by Crippen LogP contribution is -2.33. The molecule has 0 spiro atoms. The Bertz CT molecular complexity index is 812. The highest BCUT2D eigenvalue weighted by molar-refractivity contribution is 5.95. The van der Waals surface area contributed by atoms with Crippen molar-refractivity contribution in [2.75, 3.05) is 25.0 Å². The molecule has 1 aliphatic rings. The lowest BCUT2D eigenvalue weighted by Gasteiger charge is -2.33. The van der Waals surface area contributed by atoms with Crippen molar-refractivity contribution in [2.45, 2.75) is 18.8 Å². The lowest BCUT2D eigenvalue weighted by molar-refractivity contribution is -0.384. The highest BCUT2D eigenvalue weighted by atomic mass is 16.6. The number of hydrogen-bond donors (Lipinski definition) is 2. The highest BCUT2D eigenvalue weighted by Gasteiger charge is 2.26. The topological polar surface area (TPSA) is 95.7 Å². The summed E-state index contributed by atoms with van der Waals surface area (Å²) in [4.78, 5) is 24.8. The SMILES string of the molecule is CNC(=O)c1ccc(N2CCC(c3ccc(O)cc3)CC2)c([N+](=O)[O-])c1. The number of carbonyl (C=O) groups is 1. The molecule has 7 nitrogen and oxygen atoms in total. The predicted molar refractivity (Wildman–Crippen MR) is 98.8 cm³/mol. The van der Waals surface area contributed by atoms with E-state index in [2.05, 4.69) is 5.32 Å². The molecular weight excluding hydrogens is 334 g/mol. The van der Waals surface area contributed by atoms with Crippen molar-refractivity contribution in [3.05, 3.63) is 63.7 Å². The molecule has 1 heterocycles. The van der Waals surface area contributed by atoms with Crippen LogP contribution >= 0.6 is 0 Å². The van der Waals surface area contributed by atoms with Crippen LogP contribution in [0.15, 0.2) is 42.5 Å². The van der Waals surface area contributed by atoms with Crippen LogP contribution in [0.2, 0.25) is 0 Å². The van der Waals surface area contributed by atoms with Gasteiger partial charge in [-0.25, -0.2) is 0 Å². The molecule has 0 atom stereocenters. The average Bonchev–Trinajstić information content (AvgIpc) is 2.67. The van der Waals surface area contributed by atoms with Gasteiger partial charge in [0, 0.05) is 31.8 Å². The van der Waals surface area contributed by atoms with Crippen molar-refractivity contribution in [2.24, 2.45) is 0 Å². The van der Waals surface area contributed by atoms with Gasteiger partial charge in [-0.1, -0.05) is 12.1 Å². The fourth-order valence-electron chi connectivity index (χ4n) is 3.42. The zero-order valence-electron chi connectivity index (χ0n) is 14.5. The van der Waals surface area contributed by atoms with Gasteiger partial charge in [0.1, 0.15) is 11.4 Å². The maximum atomic E-state index is 11.7. The van der Waals surface area contributed by atoms with E-state index in [1.807, 2.05) is 17.0 Å². The van der Waals surface area contributed by atoms with Crippen molar-refractivity contribution in [3.63, 3.8) is 0 Å². The van der Waals surface area contributed by atoms with Gasteiger partial charge in [0.25, 0.3) is 11.6 Å². The van der Waals surface area contributed by atoms with Crippen LogP contribution in [-0.2, 0) is 0 Å². The molecule has 0 aliphatic carbocycles. The number of piperidine rings is 1. The zero-order chi connectivity index (χ0) is 18.7. The van der Waals surface area contributed by atoms with Crippen molar-refractivity contribution >= 4 is 17.3 Å². The van der Waals surface area contributed by atoms with Gasteiger partial charge in [-0.3, -0.25) is 14.9 Å². The number of phenolic OH excluding ortho intramolecular Hbond substituents is 1. The zero-order valence-corrected chi connectivity index (χ0v) is 14.5. The van der Waals surface area contributed by atoms with Gasteiger partial charge < -0.3 is 15.3 Å². The molecule has 1 fully saturated rings. The minimum Gasteiger partial charge on any atom is -0.508 e. The van der Waals surface area contributed by atoms with Crippen molar-refractivity contribution < 1.29 is 14.8 Å². The number of amides is 1. The Morgan fingerprint density at radius 3 is 2.42 bits per heavy atom. The molecular formula is C19H21N3O4. The second kappa shape index (κ2) is 7.43. The number of nitro groups is 1. The number of anilines is 1. The number of nitro benzene ring substituents is 1. The largest absolute Gasteiger partial charge is 0.508 e. The Balaban J connectivity index is 1.77. The summed E-state index contributed by atoms with van der Waals surface area (Å²) in [6.07, 6.45) is 1.75. The first-order chi connectivity index (χ1) is 12.5. The van der Waals surface area contributed by atoms with E-state index >= 15 is 0 Å². The molecule has 2 aromatic rings. The molecule has 0 saturated carbocycles. The number of rotatable bonds is 4. The maximum absolute atomic E-state index is 11.7. The van der Waals surface area contributed by atoms with Gasteiger partial charge in [-0.2, -0.15) is 0 Å². The second-order valence-corrected chi connectivity index (χ2v) is 6.39. The fraction of sp³-hybridized carbons (Fsp3) is 0.316. The summed E-state index contributed by atoms with van der Waals surface area (Å²) in [6.45, 7) is 1.40. The summed E-state index contributed by atoms with van der Waals surface area (Å²) in [6, 6.07) is 11.8. The van der Waals surface area contributed by atoms with Crippen LogP contribution in [0.25, 0.3) is 0 Å². The molecule has 2 N–H and O–H groups in total. The van der Waals surface area contributed by atoms with Crippen LogP contribution in [0, 0.1) is 10.1 Å². The number of nitrogens with zero attached hydrogens (tertiary/aromatic N) is 2. The van der Waals surface area contributed by atoms with E-state index in [4.69, 9.17) is 0 Å². The Labute approximate surface area is 151 Å².